The molecule has 0 aliphatic heterocycles. The van der Waals surface area contributed by atoms with Crippen LogP contribution < -0.4 is 0 Å². The highest BCUT2D eigenvalue weighted by Crippen LogP contribution is 2.16. The average molecular weight is 243 g/mol. The van der Waals surface area contributed by atoms with Crippen molar-refractivity contribution in [2.45, 2.75) is 19.8 Å². The van der Waals surface area contributed by atoms with Crippen LogP contribution in [0.4, 0.5) is 4.39 Å². The van der Waals surface area contributed by atoms with Gasteiger partial charge in [0.2, 0.25) is 0 Å². The number of ether oxygens (including phenoxy) is 1. The lowest BCUT2D eigenvalue weighted by atomic mass is 10.2. The Morgan fingerprint density at radius 1 is 1.44 bits per heavy atom. The fourth-order valence-electron chi connectivity index (χ4n) is 1.20. The molecule has 0 saturated carbocycles. The number of halogens is 2. The zero-order chi connectivity index (χ0) is 11.8. The van der Waals surface area contributed by atoms with E-state index in [0.29, 0.717) is 6.61 Å². The minimum Gasteiger partial charge on any atom is -0.377 e. The van der Waals surface area contributed by atoms with Gasteiger partial charge in [-0.1, -0.05) is 43.2 Å². The third-order valence-electron chi connectivity index (χ3n) is 2.11. The lowest BCUT2D eigenvalue weighted by Gasteiger charge is -1.99. The number of unbranched alkanes of at least 4 members (excludes halogenated alkanes) is 1. The van der Waals surface area contributed by atoms with E-state index >= 15 is 0 Å². The van der Waals surface area contributed by atoms with Crippen molar-refractivity contribution < 1.29 is 9.13 Å². The highest BCUT2D eigenvalue weighted by Gasteiger charge is 1.97. The Bertz CT molecular complexity index is 350. The van der Waals surface area contributed by atoms with Crippen molar-refractivity contribution in [3.63, 3.8) is 0 Å². The summed E-state index contributed by atoms with van der Waals surface area (Å²) < 4.78 is 18.4. The molecule has 16 heavy (non-hydrogen) atoms. The Labute approximate surface area is 101 Å². The second-order valence-corrected chi connectivity index (χ2v) is 3.91. The molecule has 1 nitrogen and oxygen atoms in total. The summed E-state index contributed by atoms with van der Waals surface area (Å²) in [5, 5.41) is 0.149. The normalized spacial score (nSPS) is 11.2. The van der Waals surface area contributed by atoms with Crippen LogP contribution in [0.25, 0.3) is 6.08 Å². The molecule has 88 valence electrons. The van der Waals surface area contributed by atoms with E-state index in [9.17, 15) is 4.39 Å². The van der Waals surface area contributed by atoms with Crippen LogP contribution in [0.5, 0.6) is 0 Å². The van der Waals surface area contributed by atoms with Gasteiger partial charge in [-0.3, -0.25) is 0 Å². The Morgan fingerprint density at radius 3 is 2.94 bits per heavy atom. The lowest BCUT2D eigenvalue weighted by Crippen LogP contribution is -1.92. The average Bonchev–Trinajstić information content (AvgIpc) is 2.28. The van der Waals surface area contributed by atoms with E-state index in [4.69, 9.17) is 16.3 Å². The first kappa shape index (κ1) is 13.2. The van der Waals surface area contributed by atoms with Gasteiger partial charge in [-0.2, -0.15) is 0 Å². The topological polar surface area (TPSA) is 9.23 Å². The minimum atomic E-state index is -0.393. The summed E-state index contributed by atoms with van der Waals surface area (Å²) in [5.74, 6) is -0.393. The monoisotopic (exact) mass is 242 g/mol. The molecule has 0 aromatic heterocycles. The van der Waals surface area contributed by atoms with E-state index < -0.39 is 5.82 Å². The second kappa shape index (κ2) is 7.42. The van der Waals surface area contributed by atoms with E-state index in [-0.39, 0.29) is 5.02 Å². The first-order valence-corrected chi connectivity index (χ1v) is 5.81. The summed E-state index contributed by atoms with van der Waals surface area (Å²) in [5.41, 5.74) is 0.793. The molecule has 3 heteroatoms. The maximum atomic E-state index is 13.1. The third-order valence-corrected chi connectivity index (χ3v) is 2.42. The summed E-state index contributed by atoms with van der Waals surface area (Å²) in [4.78, 5) is 0. The molecule has 0 spiro atoms. The molecular weight excluding hydrogens is 227 g/mol. The van der Waals surface area contributed by atoms with Gasteiger partial charge in [-0.25, -0.2) is 4.39 Å². The van der Waals surface area contributed by atoms with Crippen LogP contribution in [0.2, 0.25) is 5.02 Å². The van der Waals surface area contributed by atoms with Crippen LogP contribution in [-0.2, 0) is 4.74 Å². The van der Waals surface area contributed by atoms with E-state index in [2.05, 4.69) is 6.92 Å². The first-order valence-electron chi connectivity index (χ1n) is 5.43. The lowest BCUT2D eigenvalue weighted by molar-refractivity contribution is 0.159. The van der Waals surface area contributed by atoms with E-state index in [1.807, 2.05) is 12.2 Å². The standard InChI is InChI=1S/C13H16ClFO/c1-2-3-8-16-9-4-5-11-6-7-12(14)13(15)10-11/h4-7,10H,2-3,8-9H2,1H3/b5-4+. The Hall–Kier alpha value is -0.860. The second-order valence-electron chi connectivity index (χ2n) is 3.50. The minimum absolute atomic E-state index is 0.149. The van der Waals surface area contributed by atoms with Crippen LogP contribution in [0.1, 0.15) is 25.3 Å². The third kappa shape index (κ3) is 4.77. The first-order chi connectivity index (χ1) is 7.74. The van der Waals surface area contributed by atoms with Gasteiger partial charge in [0.1, 0.15) is 5.82 Å². The summed E-state index contributed by atoms with van der Waals surface area (Å²) >= 11 is 5.58. The molecule has 0 fully saturated rings. The molecule has 1 aromatic carbocycles. The summed E-state index contributed by atoms with van der Waals surface area (Å²) in [6.45, 7) is 3.45. The van der Waals surface area contributed by atoms with Gasteiger partial charge in [-0.15, -0.1) is 0 Å². The maximum absolute atomic E-state index is 13.1. The Balaban J connectivity index is 2.35. The molecule has 0 radical (unpaired) electrons. The Morgan fingerprint density at radius 2 is 2.25 bits per heavy atom. The van der Waals surface area contributed by atoms with Crippen molar-refractivity contribution in [1.82, 2.24) is 0 Å². The summed E-state index contributed by atoms with van der Waals surface area (Å²) in [6, 6.07) is 4.73. The van der Waals surface area contributed by atoms with Crippen molar-refractivity contribution in [2.75, 3.05) is 13.2 Å². The van der Waals surface area contributed by atoms with E-state index in [1.165, 1.54) is 6.07 Å². The summed E-state index contributed by atoms with van der Waals surface area (Å²) in [7, 11) is 0. The molecule has 0 bridgehead atoms. The molecule has 0 saturated heterocycles. The van der Waals surface area contributed by atoms with Crippen molar-refractivity contribution in [3.8, 4) is 0 Å². The quantitative estimate of drug-likeness (QED) is 0.676. The van der Waals surface area contributed by atoms with E-state index in [1.54, 1.807) is 12.1 Å². The highest BCUT2D eigenvalue weighted by molar-refractivity contribution is 6.30. The van der Waals surface area contributed by atoms with Gasteiger partial charge < -0.3 is 4.74 Å². The molecule has 0 aliphatic rings. The molecule has 0 unspecified atom stereocenters. The number of rotatable bonds is 6. The van der Waals surface area contributed by atoms with Gasteiger partial charge >= 0.3 is 0 Å². The smallest absolute Gasteiger partial charge is 0.142 e. The zero-order valence-corrected chi connectivity index (χ0v) is 10.1. The van der Waals surface area contributed by atoms with Crippen LogP contribution in [0.3, 0.4) is 0 Å². The van der Waals surface area contributed by atoms with Gasteiger partial charge in [0.15, 0.2) is 0 Å². The molecule has 0 N–H and O–H groups in total. The number of benzene rings is 1. The zero-order valence-electron chi connectivity index (χ0n) is 9.38. The van der Waals surface area contributed by atoms with Gasteiger partial charge in [0.05, 0.1) is 11.6 Å². The summed E-state index contributed by atoms with van der Waals surface area (Å²) in [6.07, 6.45) is 5.90. The Kier molecular flexibility index (Phi) is 6.12. The van der Waals surface area contributed by atoms with Gasteiger partial charge in [0, 0.05) is 6.61 Å². The fourth-order valence-corrected chi connectivity index (χ4v) is 1.32. The highest BCUT2D eigenvalue weighted by atomic mass is 35.5. The molecule has 0 aliphatic carbocycles. The van der Waals surface area contributed by atoms with Gasteiger partial charge in [-0.05, 0) is 24.1 Å². The molecule has 0 heterocycles. The van der Waals surface area contributed by atoms with Crippen LogP contribution >= 0.6 is 11.6 Å². The largest absolute Gasteiger partial charge is 0.377 e. The van der Waals surface area contributed by atoms with Crippen molar-refractivity contribution in [3.05, 3.63) is 40.7 Å². The molecule has 1 rings (SSSR count). The van der Waals surface area contributed by atoms with Crippen LogP contribution in [0.15, 0.2) is 24.3 Å². The van der Waals surface area contributed by atoms with Crippen molar-refractivity contribution in [1.29, 1.82) is 0 Å². The number of hydrogen-bond donors (Lipinski definition) is 0. The van der Waals surface area contributed by atoms with Crippen molar-refractivity contribution in [2.24, 2.45) is 0 Å². The van der Waals surface area contributed by atoms with E-state index in [0.717, 1.165) is 25.0 Å². The molecule has 0 amide bonds. The molecular formula is C13H16ClFO. The van der Waals surface area contributed by atoms with Crippen LogP contribution in [0, 0.1) is 5.82 Å². The maximum Gasteiger partial charge on any atom is 0.142 e. The molecule has 1 aromatic rings. The van der Waals surface area contributed by atoms with Gasteiger partial charge in [0.25, 0.3) is 0 Å². The number of hydrogen-bond acceptors (Lipinski definition) is 1. The predicted molar refractivity (Wildman–Crippen MR) is 66.2 cm³/mol. The predicted octanol–water partition coefficient (Wildman–Crippen LogP) is 4.31. The van der Waals surface area contributed by atoms with Crippen LogP contribution in [-0.4, -0.2) is 13.2 Å². The van der Waals surface area contributed by atoms with Crippen molar-refractivity contribution >= 4 is 17.7 Å². The molecule has 0 atom stereocenters. The SMILES string of the molecule is CCCCOC/C=C/c1ccc(Cl)c(F)c1. The fraction of sp³-hybridized carbons (Fsp3) is 0.385.